The summed E-state index contributed by atoms with van der Waals surface area (Å²) in [7, 11) is 0. The Morgan fingerprint density at radius 3 is 2.26 bits per heavy atom. The first kappa shape index (κ1) is 12.8. The highest BCUT2D eigenvalue weighted by Crippen LogP contribution is 2.06. The molecule has 3 N–H and O–H groups in total. The van der Waals surface area contributed by atoms with E-state index >= 15 is 0 Å². The number of anilines is 1. The predicted molar refractivity (Wildman–Crippen MR) is 73.9 cm³/mol. The second-order valence-corrected chi connectivity index (χ2v) is 4.16. The molecule has 0 aliphatic rings. The Morgan fingerprint density at radius 1 is 1.05 bits per heavy atom. The number of rotatable bonds is 4. The standard InChI is InChI=1S/C15H14N2O2/c16-14-7-3-11(4-8-14)9-17-15(19)13-5-1-12(10-18)2-6-13/h1-8,10H,9,16H2,(H,17,19). The van der Waals surface area contributed by atoms with Crippen molar-refractivity contribution >= 4 is 17.9 Å². The summed E-state index contributed by atoms with van der Waals surface area (Å²) in [5, 5.41) is 2.80. The lowest BCUT2D eigenvalue weighted by Gasteiger charge is -2.06. The van der Waals surface area contributed by atoms with Crippen LogP contribution in [0.3, 0.4) is 0 Å². The maximum Gasteiger partial charge on any atom is 0.251 e. The van der Waals surface area contributed by atoms with Crippen molar-refractivity contribution in [2.75, 3.05) is 5.73 Å². The largest absolute Gasteiger partial charge is 0.399 e. The van der Waals surface area contributed by atoms with Gasteiger partial charge in [0.1, 0.15) is 6.29 Å². The van der Waals surface area contributed by atoms with Crippen molar-refractivity contribution in [3.05, 3.63) is 65.2 Å². The molecule has 0 heterocycles. The third-order valence-electron chi connectivity index (χ3n) is 2.74. The number of nitrogens with one attached hydrogen (secondary N) is 1. The molecule has 0 bridgehead atoms. The molecular formula is C15H14N2O2. The quantitative estimate of drug-likeness (QED) is 0.647. The van der Waals surface area contributed by atoms with E-state index in [0.29, 0.717) is 23.4 Å². The summed E-state index contributed by atoms with van der Waals surface area (Å²) in [5.41, 5.74) is 8.34. The molecule has 19 heavy (non-hydrogen) atoms. The summed E-state index contributed by atoms with van der Waals surface area (Å²) < 4.78 is 0. The van der Waals surface area contributed by atoms with Crippen LogP contribution in [-0.2, 0) is 6.54 Å². The average molecular weight is 254 g/mol. The van der Waals surface area contributed by atoms with E-state index in [4.69, 9.17) is 5.73 Å². The number of benzene rings is 2. The van der Waals surface area contributed by atoms with Gasteiger partial charge in [0.15, 0.2) is 0 Å². The minimum Gasteiger partial charge on any atom is -0.399 e. The first-order valence-electron chi connectivity index (χ1n) is 5.87. The van der Waals surface area contributed by atoms with Crippen LogP contribution in [0.25, 0.3) is 0 Å². The normalized spacial score (nSPS) is 9.89. The molecule has 0 saturated heterocycles. The van der Waals surface area contributed by atoms with Crippen LogP contribution in [0, 0.1) is 0 Å². The second-order valence-electron chi connectivity index (χ2n) is 4.16. The van der Waals surface area contributed by atoms with Gasteiger partial charge >= 0.3 is 0 Å². The van der Waals surface area contributed by atoms with E-state index in [0.717, 1.165) is 11.8 Å². The molecule has 0 unspecified atom stereocenters. The number of carbonyl (C=O) groups excluding carboxylic acids is 2. The smallest absolute Gasteiger partial charge is 0.251 e. The Labute approximate surface area is 111 Å². The van der Waals surface area contributed by atoms with Gasteiger partial charge in [-0.25, -0.2) is 0 Å². The summed E-state index contributed by atoms with van der Waals surface area (Å²) in [6, 6.07) is 13.8. The fraction of sp³-hybridized carbons (Fsp3) is 0.0667. The van der Waals surface area contributed by atoms with Gasteiger partial charge in [0, 0.05) is 23.4 Å². The SMILES string of the molecule is Nc1ccc(CNC(=O)c2ccc(C=O)cc2)cc1. The van der Waals surface area contributed by atoms with Gasteiger partial charge in [0.2, 0.25) is 0 Å². The van der Waals surface area contributed by atoms with E-state index in [2.05, 4.69) is 5.32 Å². The van der Waals surface area contributed by atoms with Crippen LogP contribution in [0.5, 0.6) is 0 Å². The highest BCUT2D eigenvalue weighted by Gasteiger charge is 2.04. The van der Waals surface area contributed by atoms with Crippen molar-refractivity contribution in [3.8, 4) is 0 Å². The van der Waals surface area contributed by atoms with Crippen molar-refractivity contribution in [1.82, 2.24) is 5.32 Å². The average Bonchev–Trinajstić information content (AvgIpc) is 2.46. The molecule has 2 aromatic carbocycles. The van der Waals surface area contributed by atoms with E-state index < -0.39 is 0 Å². The zero-order valence-electron chi connectivity index (χ0n) is 10.3. The number of amides is 1. The zero-order valence-corrected chi connectivity index (χ0v) is 10.3. The lowest BCUT2D eigenvalue weighted by atomic mass is 10.1. The monoisotopic (exact) mass is 254 g/mol. The van der Waals surface area contributed by atoms with Crippen molar-refractivity contribution in [3.63, 3.8) is 0 Å². The lowest BCUT2D eigenvalue weighted by Crippen LogP contribution is -2.22. The first-order valence-corrected chi connectivity index (χ1v) is 5.87. The van der Waals surface area contributed by atoms with E-state index in [-0.39, 0.29) is 5.91 Å². The molecule has 2 aromatic rings. The van der Waals surface area contributed by atoms with Gasteiger partial charge in [-0.3, -0.25) is 9.59 Å². The van der Waals surface area contributed by atoms with Crippen LogP contribution in [0.15, 0.2) is 48.5 Å². The molecule has 0 atom stereocenters. The maximum absolute atomic E-state index is 11.9. The molecule has 0 spiro atoms. The van der Waals surface area contributed by atoms with Gasteiger partial charge in [-0.05, 0) is 29.8 Å². The molecule has 4 heteroatoms. The van der Waals surface area contributed by atoms with E-state index in [1.807, 2.05) is 12.1 Å². The van der Waals surface area contributed by atoms with Crippen LogP contribution >= 0.6 is 0 Å². The first-order chi connectivity index (χ1) is 9.19. The molecule has 1 amide bonds. The number of hydrogen-bond donors (Lipinski definition) is 2. The Morgan fingerprint density at radius 2 is 1.68 bits per heavy atom. The van der Waals surface area contributed by atoms with Gasteiger partial charge in [0.05, 0.1) is 0 Å². The Hall–Kier alpha value is -2.62. The number of nitrogens with two attached hydrogens (primary N) is 1. The Bertz CT molecular complexity index is 574. The highest BCUT2D eigenvalue weighted by atomic mass is 16.1. The van der Waals surface area contributed by atoms with E-state index in [1.165, 1.54) is 0 Å². The van der Waals surface area contributed by atoms with Gasteiger partial charge in [-0.2, -0.15) is 0 Å². The van der Waals surface area contributed by atoms with E-state index in [9.17, 15) is 9.59 Å². The summed E-state index contributed by atoms with van der Waals surface area (Å²) in [5.74, 6) is -0.172. The summed E-state index contributed by atoms with van der Waals surface area (Å²) >= 11 is 0. The maximum atomic E-state index is 11.9. The molecule has 0 fully saturated rings. The van der Waals surface area contributed by atoms with Crippen molar-refractivity contribution in [2.45, 2.75) is 6.54 Å². The highest BCUT2D eigenvalue weighted by molar-refractivity contribution is 5.94. The van der Waals surface area contributed by atoms with Gasteiger partial charge in [-0.1, -0.05) is 24.3 Å². The van der Waals surface area contributed by atoms with Crippen LogP contribution in [-0.4, -0.2) is 12.2 Å². The molecule has 0 aliphatic carbocycles. The van der Waals surface area contributed by atoms with Gasteiger partial charge in [0.25, 0.3) is 5.91 Å². The van der Waals surface area contributed by atoms with E-state index in [1.54, 1.807) is 36.4 Å². The van der Waals surface area contributed by atoms with Crippen LogP contribution < -0.4 is 11.1 Å². The molecule has 0 aliphatic heterocycles. The predicted octanol–water partition coefficient (Wildman–Crippen LogP) is 2.01. The number of hydrogen-bond acceptors (Lipinski definition) is 3. The fourth-order valence-corrected chi connectivity index (χ4v) is 1.63. The van der Waals surface area contributed by atoms with Crippen LogP contribution in [0.2, 0.25) is 0 Å². The van der Waals surface area contributed by atoms with Gasteiger partial charge in [-0.15, -0.1) is 0 Å². The molecule has 4 nitrogen and oxygen atoms in total. The number of aldehydes is 1. The fourth-order valence-electron chi connectivity index (χ4n) is 1.63. The zero-order chi connectivity index (χ0) is 13.7. The molecule has 2 rings (SSSR count). The van der Waals surface area contributed by atoms with Gasteiger partial charge < -0.3 is 11.1 Å². The molecular weight excluding hydrogens is 240 g/mol. The van der Waals surface area contributed by atoms with Crippen LogP contribution in [0.1, 0.15) is 26.3 Å². The molecule has 96 valence electrons. The number of nitrogen functional groups attached to an aromatic ring is 1. The van der Waals surface area contributed by atoms with Crippen LogP contribution in [0.4, 0.5) is 5.69 Å². The minimum absolute atomic E-state index is 0.172. The molecule has 0 saturated carbocycles. The molecule has 0 aromatic heterocycles. The topological polar surface area (TPSA) is 72.2 Å². The third-order valence-corrected chi connectivity index (χ3v) is 2.74. The lowest BCUT2D eigenvalue weighted by molar-refractivity contribution is 0.0950. The molecule has 0 radical (unpaired) electrons. The Balaban J connectivity index is 1.96. The van der Waals surface area contributed by atoms with Crippen molar-refractivity contribution in [2.24, 2.45) is 0 Å². The summed E-state index contributed by atoms with van der Waals surface area (Å²) in [6.45, 7) is 0.439. The minimum atomic E-state index is -0.172. The second kappa shape index (κ2) is 5.82. The van der Waals surface area contributed by atoms with Crippen molar-refractivity contribution < 1.29 is 9.59 Å². The van der Waals surface area contributed by atoms with Crippen molar-refractivity contribution in [1.29, 1.82) is 0 Å². The third kappa shape index (κ3) is 3.42. The Kier molecular flexibility index (Phi) is 3.93. The number of carbonyl (C=O) groups is 2. The summed E-state index contributed by atoms with van der Waals surface area (Å²) in [4.78, 5) is 22.4. The summed E-state index contributed by atoms with van der Waals surface area (Å²) in [6.07, 6.45) is 0.746.